The predicted octanol–water partition coefficient (Wildman–Crippen LogP) is 2.18. The van der Waals surface area contributed by atoms with Gasteiger partial charge >= 0.3 is 0 Å². The van der Waals surface area contributed by atoms with Crippen LogP contribution in [0.2, 0.25) is 0 Å². The van der Waals surface area contributed by atoms with Crippen LogP contribution in [0, 0.1) is 0 Å². The van der Waals surface area contributed by atoms with E-state index in [0.717, 1.165) is 12.1 Å². The second-order valence-electron chi connectivity index (χ2n) is 9.46. The molecule has 2 aromatic rings. The molecule has 0 bridgehead atoms. The Morgan fingerprint density at radius 2 is 1.17 bits per heavy atom. The van der Waals surface area contributed by atoms with E-state index in [9.17, 15) is 29.4 Å². The molecule has 3 rings (SSSR count). The number of ketones is 3. The predicted molar refractivity (Wildman–Crippen MR) is 152 cm³/mol. The molecule has 0 fully saturated rings. The third-order valence-electron chi connectivity index (χ3n) is 6.84. The maximum Gasteiger partial charge on any atom is 0.221 e. The minimum atomic E-state index is -0.673. The summed E-state index contributed by atoms with van der Waals surface area (Å²) in [6.45, 7) is 0.442. The van der Waals surface area contributed by atoms with Gasteiger partial charge in [0.25, 0.3) is 0 Å². The van der Waals surface area contributed by atoms with Crippen LogP contribution in [0.4, 0.5) is 11.4 Å². The fourth-order valence-corrected chi connectivity index (χ4v) is 4.59. The highest BCUT2D eigenvalue weighted by Crippen LogP contribution is 2.42. The van der Waals surface area contributed by atoms with Crippen LogP contribution in [-0.4, -0.2) is 94.1 Å². The van der Waals surface area contributed by atoms with Gasteiger partial charge in [-0.15, -0.1) is 0 Å². The molecular weight excluding hydrogens is 550 g/mol. The maximum absolute atomic E-state index is 13.7. The Balaban J connectivity index is 1.81. The number of hydrogen-bond acceptors (Lipinski definition) is 12. The topological polar surface area (TPSA) is 182 Å². The van der Waals surface area contributed by atoms with Gasteiger partial charge < -0.3 is 45.1 Å². The van der Waals surface area contributed by atoms with Gasteiger partial charge in [-0.25, -0.2) is 0 Å². The molecule has 0 saturated heterocycles. The number of amides is 1. The van der Waals surface area contributed by atoms with Crippen LogP contribution >= 0.6 is 0 Å². The van der Waals surface area contributed by atoms with Gasteiger partial charge in [-0.05, 0) is 24.3 Å². The number of carbonyl (C=O) groups is 4. The number of Topliss-reactive ketones (excluding diaryl/α,β-unsaturated/α-hetero) is 1. The second kappa shape index (κ2) is 15.3. The SMILES string of the molecule is COC(CCC(=O)CCNc1ccc(NCCC(=O)NCC(OC)OC)c2c1C(=O)c1c(O)ccc(O)c1C2=O)OC. The van der Waals surface area contributed by atoms with Crippen molar-refractivity contribution in [1.82, 2.24) is 5.32 Å². The van der Waals surface area contributed by atoms with E-state index in [-0.39, 0.29) is 84.2 Å². The molecule has 0 radical (unpaired) electrons. The zero-order valence-corrected chi connectivity index (χ0v) is 24.1. The van der Waals surface area contributed by atoms with Gasteiger partial charge in [-0.1, -0.05) is 0 Å². The van der Waals surface area contributed by atoms with Crippen molar-refractivity contribution in [3.05, 3.63) is 46.5 Å². The molecule has 5 N–H and O–H groups in total. The molecule has 0 unspecified atom stereocenters. The van der Waals surface area contributed by atoms with Crippen LogP contribution in [0.1, 0.15) is 57.5 Å². The smallest absolute Gasteiger partial charge is 0.221 e. The number of phenolic OH excluding ortho intramolecular Hbond substituents is 2. The van der Waals surface area contributed by atoms with Crippen LogP contribution < -0.4 is 16.0 Å². The first kappa shape index (κ1) is 32.5. The van der Waals surface area contributed by atoms with Gasteiger partial charge in [0.1, 0.15) is 17.3 Å². The van der Waals surface area contributed by atoms with Crippen molar-refractivity contribution in [3.63, 3.8) is 0 Å². The molecule has 0 spiro atoms. The van der Waals surface area contributed by atoms with E-state index in [1.807, 2.05) is 0 Å². The molecule has 2 aromatic carbocycles. The molecule has 1 amide bonds. The molecule has 42 heavy (non-hydrogen) atoms. The van der Waals surface area contributed by atoms with E-state index in [1.165, 1.54) is 28.4 Å². The van der Waals surface area contributed by atoms with Gasteiger partial charge in [-0.2, -0.15) is 0 Å². The first-order chi connectivity index (χ1) is 20.2. The Kier molecular flexibility index (Phi) is 11.8. The summed E-state index contributed by atoms with van der Waals surface area (Å²) in [5.41, 5.74) is -0.104. The maximum atomic E-state index is 13.7. The summed E-state index contributed by atoms with van der Waals surface area (Å²) in [6.07, 6.45) is -0.273. The van der Waals surface area contributed by atoms with E-state index >= 15 is 0 Å². The fraction of sp³-hybridized carbons (Fsp3) is 0.448. The summed E-state index contributed by atoms with van der Waals surface area (Å²) in [5, 5.41) is 29.6. The van der Waals surface area contributed by atoms with Crippen molar-refractivity contribution in [2.45, 2.75) is 38.3 Å². The normalized spacial score (nSPS) is 12.3. The van der Waals surface area contributed by atoms with Gasteiger partial charge in [0, 0.05) is 78.6 Å². The van der Waals surface area contributed by atoms with E-state index in [4.69, 9.17) is 18.9 Å². The monoisotopic (exact) mass is 587 g/mol. The Labute approximate surface area is 243 Å². The number of rotatable bonds is 17. The van der Waals surface area contributed by atoms with Crippen molar-refractivity contribution >= 4 is 34.6 Å². The Morgan fingerprint density at radius 3 is 1.64 bits per heavy atom. The molecule has 13 heteroatoms. The number of fused-ring (bicyclic) bond motifs is 2. The number of nitrogens with one attached hydrogen (secondary N) is 3. The molecule has 0 heterocycles. The zero-order chi connectivity index (χ0) is 30.8. The summed E-state index contributed by atoms with van der Waals surface area (Å²) in [6, 6.07) is 5.43. The van der Waals surface area contributed by atoms with Crippen LogP contribution in [0.15, 0.2) is 24.3 Å². The number of ether oxygens (including phenoxy) is 4. The highest BCUT2D eigenvalue weighted by molar-refractivity contribution is 6.33. The number of hydrogen-bond donors (Lipinski definition) is 5. The van der Waals surface area contributed by atoms with E-state index in [2.05, 4.69) is 16.0 Å². The summed E-state index contributed by atoms with van der Waals surface area (Å²) in [7, 11) is 5.89. The van der Waals surface area contributed by atoms with Gasteiger partial charge in [0.05, 0.1) is 28.8 Å². The Bertz CT molecular complexity index is 1210. The van der Waals surface area contributed by atoms with Crippen molar-refractivity contribution in [2.24, 2.45) is 0 Å². The highest BCUT2D eigenvalue weighted by atomic mass is 16.7. The van der Waals surface area contributed by atoms with E-state index < -0.39 is 35.6 Å². The minimum Gasteiger partial charge on any atom is -0.507 e. The molecule has 0 aromatic heterocycles. The first-order valence-corrected chi connectivity index (χ1v) is 13.3. The third kappa shape index (κ3) is 7.62. The van der Waals surface area contributed by atoms with Crippen LogP contribution in [-0.2, 0) is 28.5 Å². The average Bonchev–Trinajstić information content (AvgIpc) is 2.98. The zero-order valence-electron chi connectivity index (χ0n) is 24.1. The van der Waals surface area contributed by atoms with Gasteiger partial charge in [0.15, 0.2) is 12.6 Å². The van der Waals surface area contributed by atoms with Crippen LogP contribution in [0.5, 0.6) is 11.5 Å². The van der Waals surface area contributed by atoms with Crippen LogP contribution in [0.3, 0.4) is 0 Å². The Hall–Kier alpha value is -4.04. The molecule has 0 atom stereocenters. The largest absolute Gasteiger partial charge is 0.507 e. The van der Waals surface area contributed by atoms with E-state index in [1.54, 1.807) is 12.1 Å². The van der Waals surface area contributed by atoms with E-state index in [0.29, 0.717) is 6.42 Å². The fourth-order valence-electron chi connectivity index (χ4n) is 4.59. The van der Waals surface area contributed by atoms with Gasteiger partial charge in [-0.3, -0.25) is 19.2 Å². The average molecular weight is 588 g/mol. The molecule has 1 aliphatic rings. The first-order valence-electron chi connectivity index (χ1n) is 13.3. The summed E-state index contributed by atoms with van der Waals surface area (Å²) >= 11 is 0. The third-order valence-corrected chi connectivity index (χ3v) is 6.84. The second-order valence-corrected chi connectivity index (χ2v) is 9.46. The molecule has 228 valence electrons. The molecule has 1 aliphatic carbocycles. The van der Waals surface area contributed by atoms with Gasteiger partial charge in [0.2, 0.25) is 17.5 Å². The quantitative estimate of drug-likeness (QED) is 0.115. The molecular formula is C29H37N3O10. The van der Waals surface area contributed by atoms with Crippen molar-refractivity contribution < 1.29 is 48.3 Å². The number of aromatic hydroxyl groups is 2. The number of carbonyl (C=O) groups excluding carboxylic acids is 4. The number of methoxy groups -OCH3 is 4. The Morgan fingerprint density at radius 1 is 0.690 bits per heavy atom. The summed E-state index contributed by atoms with van der Waals surface area (Å²) < 4.78 is 20.3. The summed E-state index contributed by atoms with van der Waals surface area (Å²) in [4.78, 5) is 52.0. The molecule has 0 aliphatic heterocycles. The standard InChI is InChI=1S/C29H37N3O10/c1-39-22(40-2)10-5-16(33)11-13-30-17-6-7-18(31-14-12-21(36)32-15-23(41-3)42-4)25-24(17)28(37)26-19(34)8-9-20(35)27(26)29(25)38/h6-9,22-23,30-31,34-35H,5,10-15H2,1-4H3,(H,32,36). The lowest BCUT2D eigenvalue weighted by Crippen LogP contribution is -2.35. The number of benzene rings is 2. The highest BCUT2D eigenvalue weighted by Gasteiger charge is 2.38. The molecule has 13 nitrogen and oxygen atoms in total. The lowest BCUT2D eigenvalue weighted by molar-refractivity contribution is -0.127. The lowest BCUT2D eigenvalue weighted by atomic mass is 9.81. The number of phenols is 2. The minimum absolute atomic E-state index is 0.0165. The van der Waals surface area contributed by atoms with Crippen molar-refractivity contribution in [1.29, 1.82) is 0 Å². The summed E-state index contributed by atoms with van der Waals surface area (Å²) in [5.74, 6) is -2.58. The number of anilines is 2. The van der Waals surface area contributed by atoms with Crippen LogP contribution in [0.25, 0.3) is 0 Å². The lowest BCUT2D eigenvalue weighted by Gasteiger charge is -2.25. The van der Waals surface area contributed by atoms with Crippen molar-refractivity contribution in [3.8, 4) is 11.5 Å². The van der Waals surface area contributed by atoms with Crippen molar-refractivity contribution in [2.75, 3.05) is 58.7 Å². The molecule has 0 saturated carbocycles.